The lowest BCUT2D eigenvalue weighted by molar-refractivity contribution is 0.0600. The van der Waals surface area contributed by atoms with Gasteiger partial charge in [0.15, 0.2) is 0 Å². The number of ether oxygens (including phenoxy) is 2. The first-order chi connectivity index (χ1) is 9.27. The molecule has 0 amide bonds. The molecular formula is C15H23NO3. The second-order valence-electron chi connectivity index (χ2n) is 4.33. The number of carbonyl (C=O) groups is 1. The SMILES string of the molecule is CCCOCCCNCc1ccc(C(=O)OC)cc1. The zero-order valence-corrected chi connectivity index (χ0v) is 11.8. The molecular weight excluding hydrogens is 242 g/mol. The van der Waals surface area contributed by atoms with Crippen molar-refractivity contribution in [3.63, 3.8) is 0 Å². The van der Waals surface area contributed by atoms with E-state index in [9.17, 15) is 4.79 Å². The summed E-state index contributed by atoms with van der Waals surface area (Å²) >= 11 is 0. The van der Waals surface area contributed by atoms with Crippen molar-refractivity contribution in [2.75, 3.05) is 26.9 Å². The third-order valence-corrected chi connectivity index (χ3v) is 2.69. The lowest BCUT2D eigenvalue weighted by atomic mass is 10.1. The monoisotopic (exact) mass is 265 g/mol. The number of methoxy groups -OCH3 is 1. The van der Waals surface area contributed by atoms with Crippen LogP contribution in [0.3, 0.4) is 0 Å². The van der Waals surface area contributed by atoms with E-state index >= 15 is 0 Å². The summed E-state index contributed by atoms with van der Waals surface area (Å²) < 4.78 is 10.1. The molecule has 0 heterocycles. The number of benzene rings is 1. The zero-order chi connectivity index (χ0) is 13.9. The van der Waals surface area contributed by atoms with Crippen LogP contribution in [-0.4, -0.2) is 32.8 Å². The van der Waals surface area contributed by atoms with Crippen LogP contribution in [0.4, 0.5) is 0 Å². The molecule has 0 spiro atoms. The molecule has 0 radical (unpaired) electrons. The fourth-order valence-electron chi connectivity index (χ4n) is 1.65. The summed E-state index contributed by atoms with van der Waals surface area (Å²) in [4.78, 5) is 11.3. The Morgan fingerprint density at radius 1 is 1.21 bits per heavy atom. The van der Waals surface area contributed by atoms with Gasteiger partial charge in [-0.05, 0) is 37.1 Å². The Morgan fingerprint density at radius 3 is 2.58 bits per heavy atom. The maximum Gasteiger partial charge on any atom is 0.337 e. The standard InChI is InChI=1S/C15H23NO3/c1-3-10-19-11-4-9-16-12-13-5-7-14(8-6-13)15(17)18-2/h5-8,16H,3-4,9-12H2,1-2H3. The molecule has 1 N–H and O–H groups in total. The molecule has 0 saturated carbocycles. The van der Waals surface area contributed by atoms with Gasteiger partial charge in [0.2, 0.25) is 0 Å². The minimum Gasteiger partial charge on any atom is -0.465 e. The maximum atomic E-state index is 11.3. The van der Waals surface area contributed by atoms with E-state index in [1.54, 1.807) is 12.1 Å². The molecule has 0 unspecified atom stereocenters. The summed E-state index contributed by atoms with van der Waals surface area (Å²) in [5.41, 5.74) is 1.74. The van der Waals surface area contributed by atoms with Crippen molar-refractivity contribution < 1.29 is 14.3 Å². The van der Waals surface area contributed by atoms with E-state index < -0.39 is 0 Å². The minimum absolute atomic E-state index is 0.299. The third-order valence-electron chi connectivity index (χ3n) is 2.69. The van der Waals surface area contributed by atoms with Crippen LogP contribution >= 0.6 is 0 Å². The van der Waals surface area contributed by atoms with Crippen molar-refractivity contribution in [1.29, 1.82) is 0 Å². The van der Waals surface area contributed by atoms with E-state index in [0.717, 1.165) is 44.7 Å². The molecule has 0 saturated heterocycles. The molecule has 0 bridgehead atoms. The molecule has 1 aromatic rings. The highest BCUT2D eigenvalue weighted by Crippen LogP contribution is 2.05. The van der Waals surface area contributed by atoms with Crippen LogP contribution < -0.4 is 5.32 Å². The molecule has 0 aliphatic carbocycles. The van der Waals surface area contributed by atoms with Crippen molar-refractivity contribution in [2.24, 2.45) is 0 Å². The molecule has 0 atom stereocenters. The highest BCUT2D eigenvalue weighted by molar-refractivity contribution is 5.89. The minimum atomic E-state index is -0.299. The van der Waals surface area contributed by atoms with Gasteiger partial charge in [-0.1, -0.05) is 19.1 Å². The summed E-state index contributed by atoms with van der Waals surface area (Å²) in [5, 5.41) is 3.35. The predicted octanol–water partition coefficient (Wildman–Crippen LogP) is 2.38. The van der Waals surface area contributed by atoms with Crippen molar-refractivity contribution >= 4 is 5.97 Å². The van der Waals surface area contributed by atoms with E-state index in [1.807, 2.05) is 12.1 Å². The van der Waals surface area contributed by atoms with Crippen molar-refractivity contribution in [1.82, 2.24) is 5.32 Å². The van der Waals surface area contributed by atoms with E-state index in [4.69, 9.17) is 4.74 Å². The van der Waals surface area contributed by atoms with Crippen molar-refractivity contribution in [2.45, 2.75) is 26.3 Å². The number of rotatable bonds is 9. The van der Waals surface area contributed by atoms with Crippen LogP contribution in [0, 0.1) is 0 Å². The van der Waals surface area contributed by atoms with Gasteiger partial charge in [0.1, 0.15) is 0 Å². The predicted molar refractivity (Wildman–Crippen MR) is 75.2 cm³/mol. The van der Waals surface area contributed by atoms with E-state index in [1.165, 1.54) is 7.11 Å². The summed E-state index contributed by atoms with van der Waals surface area (Å²) in [5.74, 6) is -0.299. The summed E-state index contributed by atoms with van der Waals surface area (Å²) in [6.07, 6.45) is 2.08. The Hall–Kier alpha value is -1.39. The fourth-order valence-corrected chi connectivity index (χ4v) is 1.65. The third kappa shape index (κ3) is 6.36. The number of hydrogen-bond donors (Lipinski definition) is 1. The highest BCUT2D eigenvalue weighted by atomic mass is 16.5. The van der Waals surface area contributed by atoms with Gasteiger partial charge in [0.05, 0.1) is 12.7 Å². The van der Waals surface area contributed by atoms with Gasteiger partial charge in [-0.25, -0.2) is 4.79 Å². The van der Waals surface area contributed by atoms with Crippen LogP contribution in [-0.2, 0) is 16.0 Å². The van der Waals surface area contributed by atoms with Crippen LogP contribution in [0.2, 0.25) is 0 Å². The molecule has 1 aromatic carbocycles. The quantitative estimate of drug-likeness (QED) is 0.550. The molecule has 4 heteroatoms. The topological polar surface area (TPSA) is 47.6 Å². The molecule has 0 aliphatic heterocycles. The van der Waals surface area contributed by atoms with E-state index in [-0.39, 0.29) is 5.97 Å². The average Bonchev–Trinajstić information content (AvgIpc) is 2.46. The van der Waals surface area contributed by atoms with Gasteiger partial charge in [-0.15, -0.1) is 0 Å². The Bertz CT molecular complexity index is 362. The first-order valence-electron chi connectivity index (χ1n) is 6.73. The van der Waals surface area contributed by atoms with Crippen LogP contribution in [0.1, 0.15) is 35.7 Å². The van der Waals surface area contributed by atoms with Gasteiger partial charge in [-0.3, -0.25) is 0 Å². The lowest BCUT2D eigenvalue weighted by Gasteiger charge is -2.06. The molecule has 1 rings (SSSR count). The van der Waals surface area contributed by atoms with Gasteiger partial charge >= 0.3 is 5.97 Å². The molecule has 19 heavy (non-hydrogen) atoms. The van der Waals surface area contributed by atoms with Crippen LogP contribution in [0.15, 0.2) is 24.3 Å². The molecule has 106 valence electrons. The second-order valence-corrected chi connectivity index (χ2v) is 4.33. The first kappa shape index (κ1) is 15.7. The molecule has 0 fully saturated rings. The summed E-state index contributed by atoms with van der Waals surface area (Å²) in [6.45, 7) is 5.49. The number of carbonyl (C=O) groups excluding carboxylic acids is 1. The van der Waals surface area contributed by atoms with Gasteiger partial charge in [0, 0.05) is 19.8 Å². The fraction of sp³-hybridized carbons (Fsp3) is 0.533. The maximum absolute atomic E-state index is 11.3. The Kier molecular flexibility index (Phi) is 7.86. The van der Waals surface area contributed by atoms with Gasteiger partial charge < -0.3 is 14.8 Å². The van der Waals surface area contributed by atoms with E-state index in [2.05, 4.69) is 17.0 Å². The zero-order valence-electron chi connectivity index (χ0n) is 11.8. The number of esters is 1. The summed E-state index contributed by atoms with van der Waals surface area (Å²) in [7, 11) is 1.39. The van der Waals surface area contributed by atoms with Gasteiger partial charge in [-0.2, -0.15) is 0 Å². The number of nitrogens with one attached hydrogen (secondary N) is 1. The van der Waals surface area contributed by atoms with E-state index in [0.29, 0.717) is 5.56 Å². The Balaban J connectivity index is 2.18. The van der Waals surface area contributed by atoms with Gasteiger partial charge in [0.25, 0.3) is 0 Å². The molecule has 0 aromatic heterocycles. The molecule has 4 nitrogen and oxygen atoms in total. The average molecular weight is 265 g/mol. The smallest absolute Gasteiger partial charge is 0.337 e. The van der Waals surface area contributed by atoms with Crippen molar-refractivity contribution in [3.8, 4) is 0 Å². The lowest BCUT2D eigenvalue weighted by Crippen LogP contribution is -2.16. The summed E-state index contributed by atoms with van der Waals surface area (Å²) in [6, 6.07) is 7.44. The normalized spacial score (nSPS) is 10.4. The highest BCUT2D eigenvalue weighted by Gasteiger charge is 2.03. The first-order valence-corrected chi connectivity index (χ1v) is 6.73. The van der Waals surface area contributed by atoms with Crippen molar-refractivity contribution in [3.05, 3.63) is 35.4 Å². The molecule has 0 aliphatic rings. The van der Waals surface area contributed by atoms with Crippen LogP contribution in [0.25, 0.3) is 0 Å². The second kappa shape index (κ2) is 9.53. The Morgan fingerprint density at radius 2 is 1.95 bits per heavy atom. The van der Waals surface area contributed by atoms with Crippen LogP contribution in [0.5, 0.6) is 0 Å². The largest absolute Gasteiger partial charge is 0.465 e. The Labute approximate surface area is 115 Å². The number of hydrogen-bond acceptors (Lipinski definition) is 4.